The number of methoxy groups -OCH3 is 1. The maximum Gasteiger partial charge on any atom is 0.228 e. The van der Waals surface area contributed by atoms with Crippen molar-refractivity contribution >= 4 is 27.5 Å². The lowest BCUT2D eigenvalue weighted by molar-refractivity contribution is -0.121. The van der Waals surface area contributed by atoms with E-state index in [-0.39, 0.29) is 11.8 Å². The molecule has 0 saturated carbocycles. The summed E-state index contributed by atoms with van der Waals surface area (Å²) in [5.74, 6) is 0.919. The number of anilines is 1. The molecular weight excluding hydrogens is 380 g/mol. The van der Waals surface area contributed by atoms with Crippen LogP contribution in [0, 0.1) is 5.92 Å². The molecule has 1 heterocycles. The van der Waals surface area contributed by atoms with Crippen molar-refractivity contribution in [1.29, 1.82) is 0 Å². The summed E-state index contributed by atoms with van der Waals surface area (Å²) in [6.45, 7) is 2.72. The van der Waals surface area contributed by atoms with E-state index in [1.54, 1.807) is 7.11 Å². The van der Waals surface area contributed by atoms with Crippen LogP contribution in [-0.2, 0) is 11.3 Å². The van der Waals surface area contributed by atoms with Crippen LogP contribution in [0.1, 0.15) is 18.4 Å². The van der Waals surface area contributed by atoms with E-state index < -0.39 is 0 Å². The predicted molar refractivity (Wildman–Crippen MR) is 104 cm³/mol. The van der Waals surface area contributed by atoms with Gasteiger partial charge in [-0.25, -0.2) is 0 Å². The molecule has 1 saturated heterocycles. The van der Waals surface area contributed by atoms with E-state index in [0.29, 0.717) is 0 Å². The summed E-state index contributed by atoms with van der Waals surface area (Å²) in [6.07, 6.45) is 1.99. The van der Waals surface area contributed by atoms with Gasteiger partial charge in [-0.3, -0.25) is 9.69 Å². The number of amides is 1. The number of benzene rings is 2. The van der Waals surface area contributed by atoms with Crippen LogP contribution in [-0.4, -0.2) is 31.0 Å². The van der Waals surface area contributed by atoms with Gasteiger partial charge in [-0.1, -0.05) is 28.1 Å². The second-order valence-corrected chi connectivity index (χ2v) is 7.34. The van der Waals surface area contributed by atoms with E-state index in [1.807, 2.05) is 30.3 Å². The first-order valence-corrected chi connectivity index (χ1v) is 9.35. The number of likely N-dealkylation sites (tertiary alicyclic amines) is 1. The van der Waals surface area contributed by atoms with Crippen molar-refractivity contribution in [2.24, 2.45) is 5.92 Å². The molecule has 2 aromatic rings. The van der Waals surface area contributed by atoms with Gasteiger partial charge in [0.15, 0.2) is 0 Å². The highest BCUT2D eigenvalue weighted by molar-refractivity contribution is 9.10. The zero-order valence-corrected chi connectivity index (χ0v) is 16.0. The van der Waals surface area contributed by atoms with Gasteiger partial charge >= 0.3 is 0 Å². The summed E-state index contributed by atoms with van der Waals surface area (Å²) in [4.78, 5) is 15.0. The molecule has 25 heavy (non-hydrogen) atoms. The number of carbonyl (C=O) groups is 1. The van der Waals surface area contributed by atoms with Gasteiger partial charge in [0.1, 0.15) is 5.75 Å². The number of rotatable bonds is 5. The van der Waals surface area contributed by atoms with Gasteiger partial charge in [-0.05, 0) is 61.3 Å². The summed E-state index contributed by atoms with van der Waals surface area (Å²) in [6, 6.07) is 15.8. The normalized spacial score (nSPS) is 17.9. The third kappa shape index (κ3) is 5.06. The standard InChI is InChI=1S/C20H23BrN2O2/c1-25-19-9-7-18(8-10-19)22-20(24)16-5-3-11-23(14-16)13-15-4-2-6-17(21)12-15/h2,4,6-10,12,16H,3,5,11,13-14H2,1H3,(H,22,24). The van der Waals surface area contributed by atoms with Crippen molar-refractivity contribution < 1.29 is 9.53 Å². The summed E-state index contributed by atoms with van der Waals surface area (Å²) in [7, 11) is 1.63. The third-order valence-corrected chi connectivity index (χ3v) is 5.02. The van der Waals surface area contributed by atoms with E-state index >= 15 is 0 Å². The lowest BCUT2D eigenvalue weighted by Crippen LogP contribution is -2.40. The van der Waals surface area contributed by atoms with Crippen molar-refractivity contribution in [3.05, 3.63) is 58.6 Å². The van der Waals surface area contributed by atoms with Gasteiger partial charge in [0.25, 0.3) is 0 Å². The molecule has 1 atom stereocenters. The molecule has 1 N–H and O–H groups in total. The molecule has 0 bridgehead atoms. The van der Waals surface area contributed by atoms with Crippen molar-refractivity contribution in [3.63, 3.8) is 0 Å². The van der Waals surface area contributed by atoms with Crippen LogP contribution < -0.4 is 10.1 Å². The van der Waals surface area contributed by atoms with Gasteiger partial charge in [0.2, 0.25) is 5.91 Å². The van der Waals surface area contributed by atoms with Crippen molar-refractivity contribution in [2.45, 2.75) is 19.4 Å². The highest BCUT2D eigenvalue weighted by Gasteiger charge is 2.25. The second-order valence-electron chi connectivity index (χ2n) is 6.42. The predicted octanol–water partition coefficient (Wildman–Crippen LogP) is 4.31. The molecule has 1 fully saturated rings. The molecule has 1 aliphatic heterocycles. The topological polar surface area (TPSA) is 41.6 Å². The van der Waals surface area contributed by atoms with Gasteiger partial charge in [0.05, 0.1) is 13.0 Å². The Labute approximate surface area is 157 Å². The van der Waals surface area contributed by atoms with Crippen LogP contribution in [0.4, 0.5) is 5.69 Å². The molecule has 1 aliphatic rings. The summed E-state index contributed by atoms with van der Waals surface area (Å²) in [5.41, 5.74) is 2.08. The minimum Gasteiger partial charge on any atom is -0.497 e. The average Bonchev–Trinajstić information content (AvgIpc) is 2.62. The molecule has 1 unspecified atom stereocenters. The number of ether oxygens (including phenoxy) is 1. The molecule has 0 spiro atoms. The zero-order valence-electron chi connectivity index (χ0n) is 14.4. The van der Waals surface area contributed by atoms with E-state index in [1.165, 1.54) is 5.56 Å². The highest BCUT2D eigenvalue weighted by Crippen LogP contribution is 2.22. The quantitative estimate of drug-likeness (QED) is 0.809. The molecule has 1 amide bonds. The van der Waals surface area contributed by atoms with Crippen LogP contribution in [0.2, 0.25) is 0 Å². The third-order valence-electron chi connectivity index (χ3n) is 4.53. The largest absolute Gasteiger partial charge is 0.497 e. The Kier molecular flexibility index (Phi) is 6.10. The van der Waals surface area contributed by atoms with E-state index in [0.717, 1.165) is 48.4 Å². The Morgan fingerprint density at radius 1 is 1.28 bits per heavy atom. The Morgan fingerprint density at radius 2 is 2.08 bits per heavy atom. The number of hydrogen-bond acceptors (Lipinski definition) is 3. The fraction of sp³-hybridized carbons (Fsp3) is 0.350. The minimum absolute atomic E-state index is 0.0306. The Bertz CT molecular complexity index is 718. The van der Waals surface area contributed by atoms with Crippen LogP contribution in [0.5, 0.6) is 5.75 Å². The summed E-state index contributed by atoms with van der Waals surface area (Å²) < 4.78 is 6.24. The molecule has 5 heteroatoms. The molecular formula is C20H23BrN2O2. The summed E-state index contributed by atoms with van der Waals surface area (Å²) in [5, 5.41) is 3.03. The smallest absolute Gasteiger partial charge is 0.228 e. The summed E-state index contributed by atoms with van der Waals surface area (Å²) >= 11 is 3.52. The van der Waals surface area contributed by atoms with Crippen molar-refractivity contribution in [2.75, 3.05) is 25.5 Å². The Hall–Kier alpha value is -1.85. The van der Waals surface area contributed by atoms with E-state index in [2.05, 4.69) is 44.3 Å². The second kappa shape index (κ2) is 8.50. The van der Waals surface area contributed by atoms with Crippen LogP contribution in [0.25, 0.3) is 0 Å². The minimum atomic E-state index is 0.0306. The Morgan fingerprint density at radius 3 is 2.80 bits per heavy atom. The number of halogens is 1. The molecule has 0 aliphatic carbocycles. The molecule has 4 nitrogen and oxygen atoms in total. The molecule has 3 rings (SSSR count). The SMILES string of the molecule is COc1ccc(NC(=O)C2CCCN(Cc3cccc(Br)c3)C2)cc1. The number of nitrogens with zero attached hydrogens (tertiary/aromatic N) is 1. The molecule has 0 aromatic heterocycles. The van der Waals surface area contributed by atoms with E-state index in [9.17, 15) is 4.79 Å². The highest BCUT2D eigenvalue weighted by atomic mass is 79.9. The fourth-order valence-corrected chi connectivity index (χ4v) is 3.67. The fourth-order valence-electron chi connectivity index (χ4n) is 3.23. The van der Waals surface area contributed by atoms with E-state index in [4.69, 9.17) is 4.74 Å². The van der Waals surface area contributed by atoms with Crippen LogP contribution in [0.15, 0.2) is 53.0 Å². The first-order chi connectivity index (χ1) is 12.1. The number of hydrogen-bond donors (Lipinski definition) is 1. The van der Waals surface area contributed by atoms with Gasteiger partial charge in [-0.2, -0.15) is 0 Å². The van der Waals surface area contributed by atoms with Gasteiger partial charge in [0, 0.05) is 23.2 Å². The monoisotopic (exact) mass is 402 g/mol. The maximum absolute atomic E-state index is 12.6. The first kappa shape index (κ1) is 18.0. The van der Waals surface area contributed by atoms with Crippen molar-refractivity contribution in [3.8, 4) is 5.75 Å². The average molecular weight is 403 g/mol. The maximum atomic E-state index is 12.6. The Balaban J connectivity index is 1.57. The first-order valence-electron chi connectivity index (χ1n) is 8.56. The number of piperidine rings is 1. The molecule has 2 aromatic carbocycles. The lowest BCUT2D eigenvalue weighted by Gasteiger charge is -2.32. The van der Waals surface area contributed by atoms with Gasteiger partial charge in [-0.15, -0.1) is 0 Å². The number of carbonyl (C=O) groups excluding carboxylic acids is 1. The van der Waals surface area contributed by atoms with Crippen LogP contribution in [0.3, 0.4) is 0 Å². The zero-order chi connectivity index (χ0) is 17.6. The molecule has 132 valence electrons. The van der Waals surface area contributed by atoms with Gasteiger partial charge < -0.3 is 10.1 Å². The number of nitrogens with one attached hydrogen (secondary N) is 1. The molecule has 0 radical (unpaired) electrons. The van der Waals surface area contributed by atoms with Crippen LogP contribution >= 0.6 is 15.9 Å². The lowest BCUT2D eigenvalue weighted by atomic mass is 9.96. The van der Waals surface area contributed by atoms with Crippen molar-refractivity contribution in [1.82, 2.24) is 4.90 Å².